The van der Waals surface area contributed by atoms with Gasteiger partial charge in [-0.05, 0) is 66.3 Å². The van der Waals surface area contributed by atoms with Gasteiger partial charge in [0.1, 0.15) is 28.8 Å². The molecule has 0 aliphatic carbocycles. The van der Waals surface area contributed by atoms with E-state index in [1.807, 2.05) is 54.6 Å². The molecule has 0 radical (unpaired) electrons. The number of hydrogen-bond donors (Lipinski definition) is 0. The average molecular weight is 491 g/mol. The van der Waals surface area contributed by atoms with Gasteiger partial charge in [0.15, 0.2) is 0 Å². The van der Waals surface area contributed by atoms with Crippen molar-refractivity contribution < 1.29 is 14.3 Å². The van der Waals surface area contributed by atoms with Crippen molar-refractivity contribution in [3.05, 3.63) is 108 Å². The molecule has 0 amide bonds. The number of carbonyl (C=O) groups is 1. The van der Waals surface area contributed by atoms with E-state index in [-0.39, 0.29) is 11.2 Å². The number of Topliss-reactive ketones (excluding diaryl/α,β-unsaturated/α-hetero) is 1. The van der Waals surface area contributed by atoms with Gasteiger partial charge in [-0.1, -0.05) is 93.6 Å². The summed E-state index contributed by atoms with van der Waals surface area (Å²) in [5.41, 5.74) is 2.27. The van der Waals surface area contributed by atoms with Gasteiger partial charge < -0.3 is 14.3 Å². The first-order chi connectivity index (χ1) is 17.6. The largest absolute Gasteiger partial charge is 0.457 e. The molecule has 0 bridgehead atoms. The summed E-state index contributed by atoms with van der Waals surface area (Å²) in [5, 5.41) is 4.50. The lowest BCUT2D eigenvalue weighted by atomic mass is 9.83. The maximum atomic E-state index is 9.44. The Kier molecular flexibility index (Phi) is 7.63. The lowest BCUT2D eigenvalue weighted by molar-refractivity contribution is -0.114. The van der Waals surface area contributed by atoms with E-state index in [1.165, 1.54) is 19.4 Å². The molecule has 188 valence electrons. The molecule has 0 unspecified atom stereocenters. The molecule has 0 fully saturated rings. The number of ketones is 1. The van der Waals surface area contributed by atoms with E-state index in [1.54, 1.807) is 0 Å². The third kappa shape index (κ3) is 6.18. The molecular formula is C34H34O3. The Bertz CT molecular complexity index is 1540. The van der Waals surface area contributed by atoms with E-state index in [9.17, 15) is 4.79 Å². The first kappa shape index (κ1) is 26.0. The quantitative estimate of drug-likeness (QED) is 0.251. The first-order valence-corrected chi connectivity index (χ1v) is 12.6. The first-order valence-electron chi connectivity index (χ1n) is 12.6. The van der Waals surface area contributed by atoms with Crippen LogP contribution in [0.3, 0.4) is 0 Å². The van der Waals surface area contributed by atoms with Crippen molar-refractivity contribution in [3.8, 4) is 23.0 Å². The Morgan fingerprint density at radius 1 is 0.622 bits per heavy atom. The van der Waals surface area contributed by atoms with Crippen molar-refractivity contribution in [2.75, 3.05) is 0 Å². The molecule has 3 nitrogen and oxygen atoms in total. The summed E-state index contributed by atoms with van der Waals surface area (Å²) in [6.07, 6.45) is 0. The van der Waals surface area contributed by atoms with E-state index in [0.29, 0.717) is 0 Å². The zero-order valence-electron chi connectivity index (χ0n) is 22.5. The second-order valence-electron chi connectivity index (χ2n) is 10.4. The summed E-state index contributed by atoms with van der Waals surface area (Å²) in [5.74, 6) is 3.44. The van der Waals surface area contributed by atoms with Gasteiger partial charge in [-0.3, -0.25) is 0 Å². The Morgan fingerprint density at radius 2 is 1.08 bits per heavy atom. The average Bonchev–Trinajstić information content (AvgIpc) is 2.85. The fourth-order valence-electron chi connectivity index (χ4n) is 4.42. The third-order valence-corrected chi connectivity index (χ3v) is 6.09. The molecule has 0 aliphatic rings. The van der Waals surface area contributed by atoms with Gasteiger partial charge in [0.2, 0.25) is 0 Å². The van der Waals surface area contributed by atoms with E-state index in [0.717, 1.165) is 50.1 Å². The molecule has 37 heavy (non-hydrogen) atoms. The van der Waals surface area contributed by atoms with Gasteiger partial charge in [-0.25, -0.2) is 0 Å². The molecule has 0 heterocycles. The van der Waals surface area contributed by atoms with Crippen LogP contribution in [0.4, 0.5) is 0 Å². The Balaban J connectivity index is 0.000000747. The molecule has 0 aromatic heterocycles. The second kappa shape index (κ2) is 10.9. The van der Waals surface area contributed by atoms with Crippen LogP contribution in [0.5, 0.6) is 23.0 Å². The lowest BCUT2D eigenvalue weighted by Gasteiger charge is -2.25. The highest BCUT2D eigenvalue weighted by Gasteiger charge is 2.21. The predicted molar refractivity (Wildman–Crippen MR) is 154 cm³/mol. The number of rotatable bonds is 4. The SMILES string of the molecule is CC(C)=O.Cc1c(Oc2cccc3ccccc23)cc(Oc2cccc3ccccc23)cc1C(C)(C)C. The minimum atomic E-state index is -0.0565. The molecule has 5 aromatic carbocycles. The molecule has 3 heteroatoms. The fraction of sp³-hybridized carbons (Fsp3) is 0.206. The van der Waals surface area contributed by atoms with Crippen LogP contribution in [0.15, 0.2) is 97.1 Å². The number of carbonyl (C=O) groups excluding carboxylic acids is 1. The summed E-state index contributed by atoms with van der Waals surface area (Å²) in [7, 11) is 0. The van der Waals surface area contributed by atoms with E-state index in [4.69, 9.17) is 9.47 Å². The normalized spacial score (nSPS) is 11.1. The van der Waals surface area contributed by atoms with Crippen molar-refractivity contribution in [1.82, 2.24) is 0 Å². The van der Waals surface area contributed by atoms with Gasteiger partial charge in [-0.2, -0.15) is 0 Å². The van der Waals surface area contributed by atoms with Gasteiger partial charge in [0.05, 0.1) is 0 Å². The summed E-state index contributed by atoms with van der Waals surface area (Å²) < 4.78 is 13.0. The lowest BCUT2D eigenvalue weighted by Crippen LogP contribution is -2.13. The molecule has 0 atom stereocenters. The van der Waals surface area contributed by atoms with Gasteiger partial charge in [0, 0.05) is 16.8 Å². The smallest absolute Gasteiger partial charge is 0.135 e. The minimum absolute atomic E-state index is 0.0565. The van der Waals surface area contributed by atoms with E-state index >= 15 is 0 Å². The van der Waals surface area contributed by atoms with Gasteiger partial charge in [-0.15, -0.1) is 0 Å². The third-order valence-electron chi connectivity index (χ3n) is 6.09. The summed E-state index contributed by atoms with van der Waals surface area (Å²) in [6.45, 7) is 11.8. The van der Waals surface area contributed by atoms with Crippen LogP contribution < -0.4 is 9.47 Å². The Labute approximate surface area is 219 Å². The van der Waals surface area contributed by atoms with E-state index < -0.39 is 0 Å². The Hall–Kier alpha value is -4.11. The molecule has 0 spiro atoms. The standard InChI is InChI=1S/C31H28O2.C3H6O/c1-21-27(31(2,3)4)19-24(32-28-17-9-13-22-11-5-7-15-25(22)28)20-30(21)33-29-18-10-14-23-12-6-8-16-26(23)29;1-3(2)4/h5-20H,1-4H3;1-2H3. The van der Waals surface area contributed by atoms with Gasteiger partial charge in [0.25, 0.3) is 0 Å². The van der Waals surface area contributed by atoms with Crippen molar-refractivity contribution in [1.29, 1.82) is 0 Å². The summed E-state index contributed by atoms with van der Waals surface area (Å²) >= 11 is 0. The fourth-order valence-corrected chi connectivity index (χ4v) is 4.42. The van der Waals surface area contributed by atoms with Crippen LogP contribution in [-0.2, 0) is 10.2 Å². The van der Waals surface area contributed by atoms with Crippen LogP contribution in [-0.4, -0.2) is 5.78 Å². The highest BCUT2D eigenvalue weighted by Crippen LogP contribution is 2.41. The molecular weight excluding hydrogens is 456 g/mol. The molecule has 5 aromatic rings. The van der Waals surface area contributed by atoms with Crippen molar-refractivity contribution in [2.45, 2.75) is 47.0 Å². The molecule has 5 rings (SSSR count). The molecule has 0 aliphatic heterocycles. The highest BCUT2D eigenvalue weighted by molar-refractivity contribution is 5.89. The maximum Gasteiger partial charge on any atom is 0.135 e. The summed E-state index contributed by atoms with van der Waals surface area (Å²) in [4.78, 5) is 9.44. The van der Waals surface area contributed by atoms with Crippen LogP contribution >= 0.6 is 0 Å². The number of ether oxygens (including phenoxy) is 2. The van der Waals surface area contributed by atoms with Crippen molar-refractivity contribution >= 4 is 27.3 Å². The molecule has 0 saturated heterocycles. The minimum Gasteiger partial charge on any atom is -0.457 e. The van der Waals surface area contributed by atoms with Crippen molar-refractivity contribution in [3.63, 3.8) is 0 Å². The zero-order valence-corrected chi connectivity index (χ0v) is 22.5. The topological polar surface area (TPSA) is 35.5 Å². The molecule has 0 saturated carbocycles. The number of benzene rings is 5. The van der Waals surface area contributed by atoms with Crippen LogP contribution in [0, 0.1) is 6.92 Å². The van der Waals surface area contributed by atoms with Crippen LogP contribution in [0.1, 0.15) is 45.7 Å². The van der Waals surface area contributed by atoms with E-state index in [2.05, 4.69) is 70.2 Å². The predicted octanol–water partition coefficient (Wildman–Crippen LogP) is 9.78. The monoisotopic (exact) mass is 490 g/mol. The Morgan fingerprint density at radius 3 is 1.59 bits per heavy atom. The van der Waals surface area contributed by atoms with Crippen LogP contribution in [0.25, 0.3) is 21.5 Å². The second-order valence-corrected chi connectivity index (χ2v) is 10.4. The summed E-state index contributed by atoms with van der Waals surface area (Å²) in [6, 6.07) is 33.1. The molecule has 0 N–H and O–H groups in total. The highest BCUT2D eigenvalue weighted by atomic mass is 16.5. The zero-order chi connectivity index (χ0) is 26.6. The van der Waals surface area contributed by atoms with Crippen molar-refractivity contribution in [2.24, 2.45) is 0 Å². The number of hydrogen-bond acceptors (Lipinski definition) is 3. The number of fused-ring (bicyclic) bond motifs is 2. The maximum absolute atomic E-state index is 9.44. The van der Waals surface area contributed by atoms with Crippen LogP contribution in [0.2, 0.25) is 0 Å². The van der Waals surface area contributed by atoms with Gasteiger partial charge >= 0.3 is 0 Å².